The van der Waals surface area contributed by atoms with Gasteiger partial charge in [0.25, 0.3) is 0 Å². The van der Waals surface area contributed by atoms with E-state index in [0.29, 0.717) is 12.3 Å². The molecule has 0 aromatic rings. The van der Waals surface area contributed by atoms with E-state index in [1.165, 1.54) is 6.42 Å². The van der Waals surface area contributed by atoms with E-state index in [4.69, 9.17) is 4.74 Å². The van der Waals surface area contributed by atoms with Crippen molar-refractivity contribution in [2.45, 2.75) is 45.4 Å². The van der Waals surface area contributed by atoms with Gasteiger partial charge in [0.1, 0.15) is 6.23 Å². The van der Waals surface area contributed by atoms with Crippen molar-refractivity contribution in [2.75, 3.05) is 6.54 Å². The first-order chi connectivity index (χ1) is 4.86. The molecular formula is C8H17NO. The molecule has 1 aliphatic rings. The van der Waals surface area contributed by atoms with E-state index in [0.717, 1.165) is 19.4 Å². The third kappa shape index (κ3) is 1.96. The molecule has 60 valence electrons. The molecule has 1 rings (SSSR count). The SMILES string of the molecule is CCCC1NCC(CC)O1. The van der Waals surface area contributed by atoms with Crippen LogP contribution >= 0.6 is 0 Å². The minimum absolute atomic E-state index is 0.343. The van der Waals surface area contributed by atoms with Crippen LogP contribution in [0.5, 0.6) is 0 Å². The molecule has 2 nitrogen and oxygen atoms in total. The second-order valence-corrected chi connectivity index (χ2v) is 2.85. The summed E-state index contributed by atoms with van der Waals surface area (Å²) >= 11 is 0. The molecule has 1 fully saturated rings. The summed E-state index contributed by atoms with van der Waals surface area (Å²) in [5.74, 6) is 0. The van der Waals surface area contributed by atoms with Crippen molar-refractivity contribution in [3.05, 3.63) is 0 Å². The Balaban J connectivity index is 2.15. The zero-order chi connectivity index (χ0) is 7.40. The van der Waals surface area contributed by atoms with Gasteiger partial charge < -0.3 is 4.74 Å². The van der Waals surface area contributed by atoms with Crippen LogP contribution in [0.25, 0.3) is 0 Å². The van der Waals surface area contributed by atoms with Crippen molar-refractivity contribution < 1.29 is 4.74 Å². The minimum Gasteiger partial charge on any atom is -0.359 e. The molecule has 2 atom stereocenters. The summed E-state index contributed by atoms with van der Waals surface area (Å²) in [6.45, 7) is 5.39. The van der Waals surface area contributed by atoms with Gasteiger partial charge in [-0.15, -0.1) is 0 Å². The van der Waals surface area contributed by atoms with Crippen LogP contribution < -0.4 is 5.32 Å². The van der Waals surface area contributed by atoms with Gasteiger partial charge in [0.2, 0.25) is 0 Å². The third-order valence-corrected chi connectivity index (χ3v) is 1.94. The highest BCUT2D eigenvalue weighted by molar-refractivity contribution is 4.71. The number of hydrogen-bond donors (Lipinski definition) is 1. The number of nitrogens with one attached hydrogen (secondary N) is 1. The molecule has 1 aliphatic heterocycles. The fraction of sp³-hybridized carbons (Fsp3) is 1.00. The van der Waals surface area contributed by atoms with E-state index in [1.807, 2.05) is 0 Å². The van der Waals surface area contributed by atoms with Crippen molar-refractivity contribution >= 4 is 0 Å². The third-order valence-electron chi connectivity index (χ3n) is 1.94. The normalized spacial score (nSPS) is 33.0. The lowest BCUT2D eigenvalue weighted by molar-refractivity contribution is 0.0349. The van der Waals surface area contributed by atoms with Crippen molar-refractivity contribution in [2.24, 2.45) is 0 Å². The molecule has 0 radical (unpaired) electrons. The predicted octanol–water partition coefficient (Wildman–Crippen LogP) is 1.51. The molecule has 0 aromatic carbocycles. The summed E-state index contributed by atoms with van der Waals surface area (Å²) in [4.78, 5) is 0. The van der Waals surface area contributed by atoms with E-state index in [1.54, 1.807) is 0 Å². The van der Waals surface area contributed by atoms with Crippen molar-refractivity contribution in [1.29, 1.82) is 0 Å². The van der Waals surface area contributed by atoms with Gasteiger partial charge in [-0.1, -0.05) is 20.3 Å². The summed E-state index contributed by atoms with van der Waals surface area (Å²) in [6.07, 6.45) is 4.30. The molecule has 1 N–H and O–H groups in total. The van der Waals surface area contributed by atoms with Gasteiger partial charge >= 0.3 is 0 Å². The quantitative estimate of drug-likeness (QED) is 0.646. The van der Waals surface area contributed by atoms with Gasteiger partial charge in [-0.2, -0.15) is 0 Å². The lowest BCUT2D eigenvalue weighted by Crippen LogP contribution is -2.21. The molecule has 2 heteroatoms. The lowest BCUT2D eigenvalue weighted by Gasteiger charge is -2.09. The van der Waals surface area contributed by atoms with Gasteiger partial charge in [-0.25, -0.2) is 0 Å². The first-order valence-corrected chi connectivity index (χ1v) is 4.25. The van der Waals surface area contributed by atoms with Crippen LogP contribution in [-0.2, 0) is 4.74 Å². The fourth-order valence-electron chi connectivity index (χ4n) is 1.26. The number of hydrogen-bond acceptors (Lipinski definition) is 2. The van der Waals surface area contributed by atoms with Crippen LogP contribution in [0.2, 0.25) is 0 Å². The average Bonchev–Trinajstić information content (AvgIpc) is 2.37. The number of ether oxygens (including phenoxy) is 1. The highest BCUT2D eigenvalue weighted by Gasteiger charge is 2.21. The summed E-state index contributed by atoms with van der Waals surface area (Å²) in [5.41, 5.74) is 0. The largest absolute Gasteiger partial charge is 0.359 e. The van der Waals surface area contributed by atoms with Gasteiger partial charge in [-0.3, -0.25) is 5.32 Å². The van der Waals surface area contributed by atoms with E-state index in [9.17, 15) is 0 Å². The molecule has 0 aliphatic carbocycles. The topological polar surface area (TPSA) is 21.3 Å². The molecule has 1 heterocycles. The van der Waals surface area contributed by atoms with E-state index in [2.05, 4.69) is 19.2 Å². The van der Waals surface area contributed by atoms with E-state index < -0.39 is 0 Å². The van der Waals surface area contributed by atoms with Crippen LogP contribution in [0.3, 0.4) is 0 Å². The monoisotopic (exact) mass is 143 g/mol. The molecule has 10 heavy (non-hydrogen) atoms. The second-order valence-electron chi connectivity index (χ2n) is 2.85. The average molecular weight is 143 g/mol. The molecule has 2 unspecified atom stereocenters. The zero-order valence-corrected chi connectivity index (χ0v) is 6.89. The molecule has 1 saturated heterocycles. The first kappa shape index (κ1) is 8.02. The van der Waals surface area contributed by atoms with Gasteiger partial charge in [0, 0.05) is 6.54 Å². The van der Waals surface area contributed by atoms with Gasteiger partial charge in [0.15, 0.2) is 0 Å². The molecular weight excluding hydrogens is 126 g/mol. The predicted molar refractivity (Wildman–Crippen MR) is 41.9 cm³/mol. The van der Waals surface area contributed by atoms with E-state index >= 15 is 0 Å². The Kier molecular flexibility index (Phi) is 3.16. The highest BCUT2D eigenvalue weighted by atomic mass is 16.5. The maximum atomic E-state index is 5.64. The van der Waals surface area contributed by atoms with Crippen LogP contribution in [0, 0.1) is 0 Å². The Morgan fingerprint density at radius 2 is 2.30 bits per heavy atom. The molecule has 0 aromatic heterocycles. The van der Waals surface area contributed by atoms with Crippen molar-refractivity contribution in [1.82, 2.24) is 5.32 Å². The van der Waals surface area contributed by atoms with E-state index in [-0.39, 0.29) is 0 Å². The van der Waals surface area contributed by atoms with Crippen LogP contribution in [-0.4, -0.2) is 18.9 Å². The van der Waals surface area contributed by atoms with Crippen molar-refractivity contribution in [3.8, 4) is 0 Å². The Labute approximate surface area is 63.0 Å². The molecule has 0 bridgehead atoms. The summed E-state index contributed by atoms with van der Waals surface area (Å²) < 4.78 is 5.64. The van der Waals surface area contributed by atoms with Crippen LogP contribution in [0.15, 0.2) is 0 Å². The molecule has 0 saturated carbocycles. The summed E-state index contributed by atoms with van der Waals surface area (Å²) in [7, 11) is 0. The summed E-state index contributed by atoms with van der Waals surface area (Å²) in [5, 5.41) is 3.34. The van der Waals surface area contributed by atoms with Crippen LogP contribution in [0.4, 0.5) is 0 Å². The zero-order valence-electron chi connectivity index (χ0n) is 6.89. The Morgan fingerprint density at radius 1 is 1.50 bits per heavy atom. The van der Waals surface area contributed by atoms with Gasteiger partial charge in [0.05, 0.1) is 6.10 Å². The Hall–Kier alpha value is -0.0800. The Morgan fingerprint density at radius 3 is 2.80 bits per heavy atom. The Bertz CT molecular complexity index is 95.3. The highest BCUT2D eigenvalue weighted by Crippen LogP contribution is 2.11. The van der Waals surface area contributed by atoms with Gasteiger partial charge in [-0.05, 0) is 12.8 Å². The lowest BCUT2D eigenvalue weighted by atomic mass is 10.3. The molecule has 0 spiro atoms. The maximum absolute atomic E-state index is 5.64. The minimum atomic E-state index is 0.343. The van der Waals surface area contributed by atoms with Crippen molar-refractivity contribution in [3.63, 3.8) is 0 Å². The van der Waals surface area contributed by atoms with Crippen LogP contribution in [0.1, 0.15) is 33.1 Å². The smallest absolute Gasteiger partial charge is 0.108 e. The fourth-order valence-corrected chi connectivity index (χ4v) is 1.26. The number of rotatable bonds is 3. The maximum Gasteiger partial charge on any atom is 0.108 e. The standard InChI is InChI=1S/C8H17NO/c1-3-5-8-9-6-7(4-2)10-8/h7-9H,3-6H2,1-2H3. The molecule has 0 amide bonds. The first-order valence-electron chi connectivity index (χ1n) is 4.25. The summed E-state index contributed by atoms with van der Waals surface area (Å²) in [6, 6.07) is 0. The second kappa shape index (κ2) is 3.94.